The predicted molar refractivity (Wildman–Crippen MR) is 132 cm³/mol. The molecule has 0 unspecified atom stereocenters. The molecule has 9 nitrogen and oxygen atoms in total. The summed E-state index contributed by atoms with van der Waals surface area (Å²) >= 11 is 0. The van der Waals surface area contributed by atoms with Crippen LogP contribution >= 0.6 is 0 Å². The van der Waals surface area contributed by atoms with E-state index < -0.39 is 48.7 Å². The molecule has 0 radical (unpaired) electrons. The summed E-state index contributed by atoms with van der Waals surface area (Å²) in [5, 5.41) is 23.1. The van der Waals surface area contributed by atoms with Crippen molar-refractivity contribution in [3.63, 3.8) is 0 Å². The zero-order chi connectivity index (χ0) is 28.3. The Morgan fingerprint density at radius 1 is 1.26 bits per heavy atom. The third-order valence-electron chi connectivity index (χ3n) is 7.68. The van der Waals surface area contributed by atoms with E-state index in [9.17, 15) is 37.8 Å². The summed E-state index contributed by atoms with van der Waals surface area (Å²) in [5.41, 5.74) is 0.519. The lowest BCUT2D eigenvalue weighted by molar-refractivity contribution is -0.170. The van der Waals surface area contributed by atoms with Gasteiger partial charge in [0.25, 0.3) is 0 Å². The molecular formula is C27H33F3N2O7. The average Bonchev–Trinajstić information content (AvgIpc) is 3.57. The fourth-order valence-corrected chi connectivity index (χ4v) is 5.88. The fourth-order valence-electron chi connectivity index (χ4n) is 5.88. The standard InChI is InChI=1S/C27H33F3N2O7/c1-38-20-11-16(13-34)10-17-22-18(26(37)31-8-9-33)12-19(23(36)25(22)39-24(17)20)32(14-27(28,29)30)21(35)7-6-15-4-2-3-5-15/h10-13,15,19,22-23,25,33,36H,2-9,14H2,1H3,(H,31,37)/t19-,22+,23+,25+/m1/s1. The predicted octanol–water partition coefficient (Wildman–Crippen LogP) is 2.49. The quantitative estimate of drug-likeness (QED) is 0.380. The van der Waals surface area contributed by atoms with Crippen molar-refractivity contribution in [3.05, 3.63) is 34.9 Å². The molecular weight excluding hydrogens is 521 g/mol. The number of carbonyl (C=O) groups excluding carboxylic acids is 3. The number of amides is 2. The van der Waals surface area contributed by atoms with Gasteiger partial charge in [0.05, 0.1) is 25.7 Å². The van der Waals surface area contributed by atoms with Crippen LogP contribution in [0.5, 0.6) is 11.5 Å². The molecule has 214 valence electrons. The monoisotopic (exact) mass is 554 g/mol. The maximum absolute atomic E-state index is 13.7. The maximum Gasteiger partial charge on any atom is 0.406 e. The van der Waals surface area contributed by atoms with Crippen molar-refractivity contribution < 1.29 is 47.2 Å². The fraction of sp³-hybridized carbons (Fsp3) is 0.593. The van der Waals surface area contributed by atoms with E-state index in [1.807, 2.05) is 0 Å². The number of halogens is 3. The molecule has 0 spiro atoms. The van der Waals surface area contributed by atoms with Crippen LogP contribution < -0.4 is 14.8 Å². The van der Waals surface area contributed by atoms with Crippen LogP contribution in [-0.2, 0) is 9.59 Å². The first kappa shape index (κ1) is 28.9. The molecule has 0 saturated heterocycles. The van der Waals surface area contributed by atoms with E-state index >= 15 is 0 Å². The van der Waals surface area contributed by atoms with E-state index in [1.165, 1.54) is 25.3 Å². The van der Waals surface area contributed by atoms with E-state index in [0.29, 0.717) is 23.2 Å². The van der Waals surface area contributed by atoms with Crippen molar-refractivity contribution in [1.82, 2.24) is 10.2 Å². The zero-order valence-corrected chi connectivity index (χ0v) is 21.6. The molecule has 4 atom stereocenters. The van der Waals surface area contributed by atoms with Crippen molar-refractivity contribution in [2.45, 2.75) is 68.9 Å². The minimum absolute atomic E-state index is 0.0385. The molecule has 2 aliphatic carbocycles. The van der Waals surface area contributed by atoms with Gasteiger partial charge in [-0.2, -0.15) is 13.2 Å². The van der Waals surface area contributed by atoms with Crippen molar-refractivity contribution in [2.24, 2.45) is 5.92 Å². The summed E-state index contributed by atoms with van der Waals surface area (Å²) in [4.78, 5) is 38.5. The Balaban J connectivity index is 1.74. The number of rotatable bonds is 10. The largest absolute Gasteiger partial charge is 0.493 e. The topological polar surface area (TPSA) is 125 Å². The number of aliphatic hydroxyl groups excluding tert-OH is 2. The molecule has 1 fully saturated rings. The summed E-state index contributed by atoms with van der Waals surface area (Å²) in [7, 11) is 1.34. The number of carbonyl (C=O) groups is 3. The van der Waals surface area contributed by atoms with E-state index in [0.717, 1.165) is 25.7 Å². The van der Waals surface area contributed by atoms with Crippen molar-refractivity contribution >= 4 is 18.1 Å². The van der Waals surface area contributed by atoms with Gasteiger partial charge in [0, 0.05) is 29.7 Å². The lowest BCUT2D eigenvalue weighted by Gasteiger charge is -2.41. The number of aldehydes is 1. The van der Waals surface area contributed by atoms with Gasteiger partial charge in [-0.15, -0.1) is 0 Å². The SMILES string of the molecule is COc1cc(C=O)cc2c1O[C@@H]1[C@@H](O)[C@H](N(CC(F)(F)F)C(=O)CCC3CCCC3)C=C(C(=O)NCCO)[C@H]21. The third kappa shape index (κ3) is 6.22. The highest BCUT2D eigenvalue weighted by Gasteiger charge is 2.52. The normalized spacial score (nSPS) is 24.3. The molecule has 1 saturated carbocycles. The Bertz CT molecular complexity index is 1120. The summed E-state index contributed by atoms with van der Waals surface area (Å²) in [5.74, 6) is -1.86. The first-order valence-electron chi connectivity index (χ1n) is 13.1. The lowest BCUT2D eigenvalue weighted by atomic mass is 9.77. The molecule has 1 aliphatic heterocycles. The molecule has 12 heteroatoms. The van der Waals surface area contributed by atoms with E-state index in [2.05, 4.69) is 5.32 Å². The van der Waals surface area contributed by atoms with Gasteiger partial charge < -0.3 is 29.9 Å². The Kier molecular flexibility index (Phi) is 8.85. The summed E-state index contributed by atoms with van der Waals surface area (Å²) in [6.45, 7) is -2.11. The number of fused-ring (bicyclic) bond motifs is 3. The smallest absolute Gasteiger partial charge is 0.406 e. The van der Waals surface area contributed by atoms with Crippen LogP contribution in [0.15, 0.2) is 23.8 Å². The average molecular weight is 555 g/mol. The Labute approximate surface area is 223 Å². The van der Waals surface area contributed by atoms with Crippen LogP contribution in [0.4, 0.5) is 13.2 Å². The van der Waals surface area contributed by atoms with Gasteiger partial charge in [-0.1, -0.05) is 25.7 Å². The third-order valence-corrected chi connectivity index (χ3v) is 7.68. The number of hydrogen-bond acceptors (Lipinski definition) is 7. The first-order valence-corrected chi connectivity index (χ1v) is 13.1. The van der Waals surface area contributed by atoms with Gasteiger partial charge in [0.15, 0.2) is 11.5 Å². The second-order valence-corrected chi connectivity index (χ2v) is 10.2. The maximum atomic E-state index is 13.7. The molecule has 1 heterocycles. The second-order valence-electron chi connectivity index (χ2n) is 10.2. The van der Waals surface area contributed by atoms with Crippen molar-refractivity contribution in [3.8, 4) is 11.5 Å². The molecule has 3 aliphatic rings. The van der Waals surface area contributed by atoms with Gasteiger partial charge in [0.2, 0.25) is 11.8 Å². The first-order chi connectivity index (χ1) is 18.6. The zero-order valence-electron chi connectivity index (χ0n) is 21.6. The molecule has 2 amide bonds. The minimum Gasteiger partial charge on any atom is -0.493 e. The van der Waals surface area contributed by atoms with Crippen LogP contribution in [0.2, 0.25) is 0 Å². The van der Waals surface area contributed by atoms with E-state index in [-0.39, 0.29) is 48.1 Å². The van der Waals surface area contributed by atoms with Gasteiger partial charge in [-0.3, -0.25) is 14.4 Å². The molecule has 0 aromatic heterocycles. The number of benzene rings is 1. The highest BCUT2D eigenvalue weighted by molar-refractivity contribution is 5.96. The van der Waals surface area contributed by atoms with E-state index in [4.69, 9.17) is 9.47 Å². The van der Waals surface area contributed by atoms with Crippen LogP contribution in [0.1, 0.15) is 60.4 Å². The number of alkyl halides is 3. The van der Waals surface area contributed by atoms with Gasteiger partial charge in [-0.05, 0) is 30.5 Å². The van der Waals surface area contributed by atoms with Gasteiger partial charge in [0.1, 0.15) is 25.0 Å². The lowest BCUT2D eigenvalue weighted by Crippen LogP contribution is -2.57. The Hall–Kier alpha value is -3.12. The number of nitrogens with one attached hydrogen (secondary N) is 1. The van der Waals surface area contributed by atoms with Gasteiger partial charge >= 0.3 is 6.18 Å². The summed E-state index contributed by atoms with van der Waals surface area (Å²) in [6, 6.07) is 1.37. The van der Waals surface area contributed by atoms with Crippen LogP contribution in [0.25, 0.3) is 0 Å². The number of methoxy groups -OCH3 is 1. The number of hydrogen-bond donors (Lipinski definition) is 3. The molecule has 1 aromatic rings. The summed E-state index contributed by atoms with van der Waals surface area (Å²) < 4.78 is 52.4. The van der Waals surface area contributed by atoms with Crippen LogP contribution in [0.3, 0.4) is 0 Å². The van der Waals surface area contributed by atoms with Gasteiger partial charge in [-0.25, -0.2) is 0 Å². The summed E-state index contributed by atoms with van der Waals surface area (Å²) in [6.07, 6.45) is -1.64. The highest BCUT2D eigenvalue weighted by Crippen LogP contribution is 2.51. The van der Waals surface area contributed by atoms with Crippen molar-refractivity contribution in [1.29, 1.82) is 0 Å². The molecule has 39 heavy (non-hydrogen) atoms. The number of aliphatic hydroxyl groups is 2. The minimum atomic E-state index is -4.76. The molecule has 3 N–H and O–H groups in total. The number of ether oxygens (including phenoxy) is 2. The van der Waals surface area contributed by atoms with Crippen LogP contribution in [0, 0.1) is 5.92 Å². The highest BCUT2D eigenvalue weighted by atomic mass is 19.4. The molecule has 0 bridgehead atoms. The molecule has 4 rings (SSSR count). The Morgan fingerprint density at radius 2 is 1.97 bits per heavy atom. The number of nitrogens with zero attached hydrogens (tertiary/aromatic N) is 1. The molecule has 1 aromatic carbocycles. The second kappa shape index (κ2) is 12.0. The van der Waals surface area contributed by atoms with Crippen LogP contribution in [-0.4, -0.2) is 84.4 Å². The Morgan fingerprint density at radius 3 is 2.59 bits per heavy atom. The van der Waals surface area contributed by atoms with E-state index in [1.54, 1.807) is 0 Å². The van der Waals surface area contributed by atoms with Crippen molar-refractivity contribution in [2.75, 3.05) is 26.8 Å².